The van der Waals surface area contributed by atoms with Crippen LogP contribution >= 0.6 is 0 Å². The number of esters is 1. The summed E-state index contributed by atoms with van der Waals surface area (Å²) in [7, 11) is 1.13. The van der Waals surface area contributed by atoms with Crippen molar-refractivity contribution in [1.82, 2.24) is 0 Å². The number of carbonyl (C=O) groups is 2. The molecule has 0 atom stereocenters. The van der Waals surface area contributed by atoms with E-state index in [0.29, 0.717) is 0 Å². The Morgan fingerprint density at radius 2 is 1.69 bits per heavy atom. The van der Waals surface area contributed by atoms with Gasteiger partial charge in [0.2, 0.25) is 11.7 Å². The first kappa shape index (κ1) is 16.7. The maximum atomic E-state index is 11.9. The van der Waals surface area contributed by atoms with Crippen LogP contribution in [0, 0.1) is 0 Å². The van der Waals surface area contributed by atoms with Crippen molar-refractivity contribution in [1.29, 1.82) is 0 Å². The number of rotatable bonds is 2. The van der Waals surface area contributed by atoms with Gasteiger partial charge in [0.05, 0.1) is 7.11 Å². The number of methoxy groups -OCH3 is 1. The summed E-state index contributed by atoms with van der Waals surface area (Å²) in [6.07, 6.45) is 1.05. The molecule has 0 rings (SSSR count). The van der Waals surface area contributed by atoms with Crippen molar-refractivity contribution in [3.05, 3.63) is 23.3 Å². The topological polar surface area (TPSA) is 63.6 Å². The molecular weight excluding hydrogens is 222 g/mol. The number of allylic oxidation sites excluding steroid dienone is 2. The van der Waals surface area contributed by atoms with Crippen LogP contribution in [0.5, 0.6) is 0 Å². The molecule has 0 unspecified atom stereocenters. The summed E-state index contributed by atoms with van der Waals surface area (Å²) >= 11 is 0. The van der Waals surface area contributed by atoms with Gasteiger partial charge >= 0.3 is 11.9 Å². The Morgan fingerprint density at radius 3 is 1.75 bits per heavy atom. The zero-order chi connectivity index (χ0) is 13.3. The molecule has 0 aliphatic heterocycles. The summed E-state index contributed by atoms with van der Waals surface area (Å²) in [5.41, 5.74) is 0.192. The summed E-state index contributed by atoms with van der Waals surface area (Å²) < 4.78 is 27.9. The van der Waals surface area contributed by atoms with Crippen LogP contribution in [0.1, 0.15) is 20.8 Å². The summed E-state index contributed by atoms with van der Waals surface area (Å²) in [6.45, 7) is 4.24. The molecular formula is C10H14F2O4. The molecule has 0 aromatic heterocycles. The van der Waals surface area contributed by atoms with Crippen molar-refractivity contribution in [2.75, 3.05) is 7.11 Å². The van der Waals surface area contributed by atoms with Gasteiger partial charge in [-0.3, -0.25) is 0 Å². The number of halogens is 2. The highest BCUT2D eigenvalue weighted by molar-refractivity contribution is 5.85. The van der Waals surface area contributed by atoms with E-state index in [0.717, 1.165) is 13.2 Å². The highest BCUT2D eigenvalue weighted by Gasteiger charge is 2.05. The van der Waals surface area contributed by atoms with Gasteiger partial charge in [0.25, 0.3) is 0 Å². The number of hydrogen-bond donors (Lipinski definition) is 1. The molecule has 0 bridgehead atoms. The summed E-state index contributed by atoms with van der Waals surface area (Å²) in [6, 6.07) is 0. The van der Waals surface area contributed by atoms with Crippen LogP contribution in [0.25, 0.3) is 0 Å². The minimum Gasteiger partial charge on any atom is -0.476 e. The van der Waals surface area contributed by atoms with Gasteiger partial charge < -0.3 is 9.84 Å². The Balaban J connectivity index is 0. The van der Waals surface area contributed by atoms with Crippen LogP contribution in [0.2, 0.25) is 0 Å². The molecule has 1 N–H and O–H groups in total. The Hall–Kier alpha value is -1.72. The third-order valence-corrected chi connectivity index (χ3v) is 1.26. The first-order valence-corrected chi connectivity index (χ1v) is 4.24. The molecule has 4 nitrogen and oxygen atoms in total. The van der Waals surface area contributed by atoms with Crippen molar-refractivity contribution in [3.63, 3.8) is 0 Å². The fourth-order valence-corrected chi connectivity index (χ4v) is 0.429. The van der Waals surface area contributed by atoms with E-state index in [9.17, 15) is 18.4 Å². The number of aliphatic carboxylic acids is 1. The van der Waals surface area contributed by atoms with E-state index in [-0.39, 0.29) is 5.57 Å². The third kappa shape index (κ3) is 7.66. The molecule has 6 heteroatoms. The van der Waals surface area contributed by atoms with E-state index in [1.807, 2.05) is 0 Å². The Morgan fingerprint density at radius 1 is 1.25 bits per heavy atom. The third-order valence-electron chi connectivity index (χ3n) is 1.26. The number of carbonyl (C=O) groups excluding carboxylic acids is 1. The molecule has 0 saturated heterocycles. The van der Waals surface area contributed by atoms with E-state index in [4.69, 9.17) is 5.11 Å². The standard InChI is InChI=1S/2C5H7FO2/c1-3-4(6)5(7)8-2;1-3(2)4(6)5(7)8/h3H,1-2H3;1-2H3,(H,7,8). The number of carboxylic acids is 1. The first-order valence-electron chi connectivity index (χ1n) is 4.24. The lowest BCUT2D eigenvalue weighted by Gasteiger charge is -1.90. The first-order chi connectivity index (χ1) is 7.27. The SMILES string of the molecule is CC(C)=C(F)C(=O)O.CC=C(F)C(=O)OC. The van der Waals surface area contributed by atoms with Gasteiger partial charge in [-0.05, 0) is 32.4 Å². The molecule has 0 aliphatic rings. The molecule has 0 saturated carbocycles. The predicted octanol–water partition coefficient (Wildman–Crippen LogP) is 2.37. The fourth-order valence-electron chi connectivity index (χ4n) is 0.429. The molecule has 0 fully saturated rings. The van der Waals surface area contributed by atoms with E-state index in [1.54, 1.807) is 0 Å². The maximum absolute atomic E-state index is 11.9. The van der Waals surface area contributed by atoms with Crippen molar-refractivity contribution >= 4 is 11.9 Å². The van der Waals surface area contributed by atoms with Crippen molar-refractivity contribution in [2.24, 2.45) is 0 Å². The van der Waals surface area contributed by atoms with Gasteiger partial charge in [-0.1, -0.05) is 0 Å². The van der Waals surface area contributed by atoms with Gasteiger partial charge in [0.1, 0.15) is 0 Å². The zero-order valence-corrected chi connectivity index (χ0v) is 9.51. The van der Waals surface area contributed by atoms with Crippen LogP contribution in [-0.2, 0) is 14.3 Å². The zero-order valence-electron chi connectivity index (χ0n) is 9.51. The van der Waals surface area contributed by atoms with Crippen LogP contribution in [0.15, 0.2) is 23.3 Å². The normalized spacial score (nSPS) is 9.75. The van der Waals surface area contributed by atoms with Gasteiger partial charge in [-0.25, -0.2) is 9.59 Å². The van der Waals surface area contributed by atoms with Crippen molar-refractivity contribution < 1.29 is 28.2 Å². The minimum absolute atomic E-state index is 0.192. The summed E-state index contributed by atoms with van der Waals surface area (Å²) in [5, 5.41) is 7.92. The number of ether oxygens (including phenoxy) is 1. The molecule has 16 heavy (non-hydrogen) atoms. The molecule has 0 aromatic rings. The Kier molecular flexibility index (Phi) is 8.95. The molecule has 92 valence electrons. The van der Waals surface area contributed by atoms with E-state index >= 15 is 0 Å². The van der Waals surface area contributed by atoms with Crippen LogP contribution in [0.4, 0.5) is 8.78 Å². The number of hydrogen-bond acceptors (Lipinski definition) is 3. The Labute approximate surface area is 92.2 Å². The molecule has 0 heterocycles. The lowest BCUT2D eigenvalue weighted by atomic mass is 10.3. The van der Waals surface area contributed by atoms with Gasteiger partial charge in [-0.15, -0.1) is 0 Å². The second kappa shape index (κ2) is 8.58. The summed E-state index contributed by atoms with van der Waals surface area (Å²) in [5.74, 6) is -4.34. The molecule has 0 spiro atoms. The van der Waals surface area contributed by atoms with Crippen molar-refractivity contribution in [3.8, 4) is 0 Å². The average molecular weight is 236 g/mol. The van der Waals surface area contributed by atoms with Crippen LogP contribution in [0.3, 0.4) is 0 Å². The second-order valence-corrected chi connectivity index (χ2v) is 2.75. The summed E-state index contributed by atoms with van der Waals surface area (Å²) in [4.78, 5) is 19.8. The predicted molar refractivity (Wildman–Crippen MR) is 54.0 cm³/mol. The highest BCUT2D eigenvalue weighted by Crippen LogP contribution is 2.02. The molecule has 0 amide bonds. The maximum Gasteiger partial charge on any atom is 0.366 e. The lowest BCUT2D eigenvalue weighted by Crippen LogP contribution is -1.99. The fraction of sp³-hybridized carbons (Fsp3) is 0.400. The van der Waals surface area contributed by atoms with Crippen LogP contribution in [-0.4, -0.2) is 24.2 Å². The Bertz CT molecular complexity index is 315. The molecule has 0 aliphatic carbocycles. The minimum atomic E-state index is -1.50. The highest BCUT2D eigenvalue weighted by atomic mass is 19.1. The smallest absolute Gasteiger partial charge is 0.366 e. The second-order valence-electron chi connectivity index (χ2n) is 2.75. The van der Waals surface area contributed by atoms with E-state index < -0.39 is 23.6 Å². The van der Waals surface area contributed by atoms with Crippen molar-refractivity contribution in [2.45, 2.75) is 20.8 Å². The number of carboxylic acid groups (broad SMARTS) is 1. The van der Waals surface area contributed by atoms with Gasteiger partial charge in [0.15, 0.2) is 0 Å². The van der Waals surface area contributed by atoms with E-state index in [2.05, 4.69) is 4.74 Å². The van der Waals surface area contributed by atoms with E-state index in [1.165, 1.54) is 20.8 Å². The molecule has 0 radical (unpaired) electrons. The quantitative estimate of drug-likeness (QED) is 0.590. The lowest BCUT2D eigenvalue weighted by molar-refractivity contribution is -0.138. The van der Waals surface area contributed by atoms with Gasteiger partial charge in [0, 0.05) is 0 Å². The largest absolute Gasteiger partial charge is 0.476 e. The van der Waals surface area contributed by atoms with Crippen LogP contribution < -0.4 is 0 Å². The van der Waals surface area contributed by atoms with Gasteiger partial charge in [-0.2, -0.15) is 8.78 Å². The molecule has 0 aromatic carbocycles. The monoisotopic (exact) mass is 236 g/mol. The average Bonchev–Trinajstić information content (AvgIpc) is 2.26.